The number of nitrogen functional groups attached to an aromatic ring is 1. The Bertz CT molecular complexity index is 493. The van der Waals surface area contributed by atoms with Gasteiger partial charge in [0.1, 0.15) is 0 Å². The van der Waals surface area contributed by atoms with Gasteiger partial charge in [0, 0.05) is 14.1 Å². The second kappa shape index (κ2) is 3.62. The summed E-state index contributed by atoms with van der Waals surface area (Å²) < 4.78 is 24.2. The molecule has 8 heteroatoms. The van der Waals surface area contributed by atoms with Crippen LogP contribution in [-0.2, 0) is 9.84 Å². The highest BCUT2D eigenvalue weighted by Crippen LogP contribution is 2.25. The van der Waals surface area contributed by atoms with E-state index in [4.69, 9.17) is 5.73 Å². The molecule has 7 nitrogen and oxygen atoms in total. The Labute approximate surface area is 94.2 Å². The molecule has 1 aliphatic rings. The molecule has 1 aliphatic heterocycles. The molecule has 1 aromatic heterocycles. The summed E-state index contributed by atoms with van der Waals surface area (Å²) in [6, 6.07) is -0.175. The number of anilines is 2. The lowest BCUT2D eigenvalue weighted by Crippen LogP contribution is -2.16. The van der Waals surface area contributed by atoms with Gasteiger partial charge in [-0.15, -0.1) is 5.10 Å². The first-order valence-electron chi connectivity index (χ1n) is 4.99. The molecule has 1 unspecified atom stereocenters. The Hall–Kier alpha value is -1.31. The normalized spacial score (nSPS) is 23.5. The minimum atomic E-state index is -2.93. The molecule has 1 aromatic rings. The van der Waals surface area contributed by atoms with Crippen molar-refractivity contribution in [2.75, 3.05) is 36.2 Å². The van der Waals surface area contributed by atoms with Crippen LogP contribution in [0.25, 0.3) is 0 Å². The van der Waals surface area contributed by atoms with Crippen molar-refractivity contribution >= 4 is 21.7 Å². The molecule has 0 bridgehead atoms. The van der Waals surface area contributed by atoms with E-state index in [1.165, 1.54) is 4.68 Å². The van der Waals surface area contributed by atoms with Gasteiger partial charge < -0.3 is 10.6 Å². The van der Waals surface area contributed by atoms with Gasteiger partial charge in [0.2, 0.25) is 11.9 Å². The van der Waals surface area contributed by atoms with Crippen LogP contribution in [0.3, 0.4) is 0 Å². The quantitative estimate of drug-likeness (QED) is 0.739. The molecule has 1 saturated heterocycles. The minimum absolute atomic E-state index is 0.105. The standard InChI is InChI=1S/C8H15N5O2S/c1-12(2)8-10-7(9)13(11-8)6-3-4-16(14,15)5-6/h6H,3-5H2,1-2H3,(H2,9,10,11). The molecule has 1 fully saturated rings. The van der Waals surface area contributed by atoms with Gasteiger partial charge in [0.25, 0.3) is 0 Å². The van der Waals surface area contributed by atoms with Gasteiger partial charge in [-0.2, -0.15) is 4.98 Å². The Morgan fingerprint density at radius 1 is 1.50 bits per heavy atom. The highest BCUT2D eigenvalue weighted by Gasteiger charge is 2.31. The van der Waals surface area contributed by atoms with Gasteiger partial charge in [0.05, 0.1) is 17.5 Å². The van der Waals surface area contributed by atoms with E-state index in [1.807, 2.05) is 14.1 Å². The van der Waals surface area contributed by atoms with Crippen molar-refractivity contribution < 1.29 is 8.42 Å². The summed E-state index contributed by atoms with van der Waals surface area (Å²) in [4.78, 5) is 5.80. The van der Waals surface area contributed by atoms with Crippen LogP contribution in [0.2, 0.25) is 0 Å². The molecule has 90 valence electrons. The lowest BCUT2D eigenvalue weighted by molar-refractivity contribution is 0.506. The van der Waals surface area contributed by atoms with Crippen LogP contribution in [0.4, 0.5) is 11.9 Å². The topological polar surface area (TPSA) is 94.1 Å². The summed E-state index contributed by atoms with van der Waals surface area (Å²) in [6.07, 6.45) is 0.558. The second-order valence-electron chi connectivity index (χ2n) is 4.17. The Morgan fingerprint density at radius 3 is 2.62 bits per heavy atom. The Kier molecular flexibility index (Phi) is 2.53. The van der Waals surface area contributed by atoms with E-state index in [9.17, 15) is 8.42 Å². The van der Waals surface area contributed by atoms with Gasteiger partial charge in [0.15, 0.2) is 9.84 Å². The van der Waals surface area contributed by atoms with Crippen LogP contribution in [0.15, 0.2) is 0 Å². The SMILES string of the molecule is CN(C)c1nc(N)n(C2CCS(=O)(=O)C2)n1. The Morgan fingerprint density at radius 2 is 2.19 bits per heavy atom. The molecule has 0 aliphatic carbocycles. The zero-order valence-corrected chi connectivity index (χ0v) is 10.1. The number of hydrogen-bond donors (Lipinski definition) is 1. The van der Waals surface area contributed by atoms with Crippen LogP contribution in [-0.4, -0.2) is 48.8 Å². The van der Waals surface area contributed by atoms with Crippen molar-refractivity contribution in [2.24, 2.45) is 0 Å². The molecule has 0 aromatic carbocycles. The number of hydrogen-bond acceptors (Lipinski definition) is 6. The highest BCUT2D eigenvalue weighted by molar-refractivity contribution is 7.91. The molecular formula is C8H15N5O2S. The van der Waals surface area contributed by atoms with Crippen LogP contribution >= 0.6 is 0 Å². The maximum atomic E-state index is 11.4. The third kappa shape index (κ3) is 1.97. The lowest BCUT2D eigenvalue weighted by atomic mass is 10.3. The molecule has 2 N–H and O–H groups in total. The van der Waals surface area contributed by atoms with Crippen molar-refractivity contribution in [1.29, 1.82) is 0 Å². The van der Waals surface area contributed by atoms with Crippen LogP contribution in [0.5, 0.6) is 0 Å². The summed E-state index contributed by atoms with van der Waals surface area (Å²) >= 11 is 0. The second-order valence-corrected chi connectivity index (χ2v) is 6.39. The first-order valence-corrected chi connectivity index (χ1v) is 6.81. The van der Waals surface area contributed by atoms with Crippen LogP contribution < -0.4 is 10.6 Å². The number of aromatic nitrogens is 3. The number of nitrogens with two attached hydrogens (primary N) is 1. The van der Waals surface area contributed by atoms with Crippen molar-refractivity contribution in [1.82, 2.24) is 14.8 Å². The zero-order chi connectivity index (χ0) is 11.9. The fourth-order valence-corrected chi connectivity index (χ4v) is 3.44. The molecule has 1 atom stereocenters. The van der Waals surface area contributed by atoms with Gasteiger partial charge in [-0.05, 0) is 6.42 Å². The Balaban J connectivity index is 2.28. The van der Waals surface area contributed by atoms with Crippen LogP contribution in [0.1, 0.15) is 12.5 Å². The smallest absolute Gasteiger partial charge is 0.246 e. The maximum absolute atomic E-state index is 11.4. The third-order valence-electron chi connectivity index (χ3n) is 2.60. The van der Waals surface area contributed by atoms with Gasteiger partial charge in [-0.3, -0.25) is 0 Å². The van der Waals surface area contributed by atoms with E-state index in [0.29, 0.717) is 12.4 Å². The fourth-order valence-electron chi connectivity index (χ4n) is 1.75. The molecule has 0 spiro atoms. The number of sulfone groups is 1. The van der Waals surface area contributed by atoms with E-state index < -0.39 is 9.84 Å². The predicted molar refractivity (Wildman–Crippen MR) is 61.1 cm³/mol. The monoisotopic (exact) mass is 245 g/mol. The molecule has 0 saturated carbocycles. The summed E-state index contributed by atoms with van der Waals surface area (Å²) in [5, 5.41) is 4.20. The largest absolute Gasteiger partial charge is 0.368 e. The van der Waals surface area contributed by atoms with Crippen molar-refractivity contribution in [2.45, 2.75) is 12.5 Å². The van der Waals surface area contributed by atoms with E-state index in [2.05, 4.69) is 10.1 Å². The average Bonchev–Trinajstić information content (AvgIpc) is 2.69. The van der Waals surface area contributed by atoms with Crippen molar-refractivity contribution in [3.63, 3.8) is 0 Å². The van der Waals surface area contributed by atoms with Crippen LogP contribution in [0, 0.1) is 0 Å². The molecule has 0 amide bonds. The van der Waals surface area contributed by atoms with Gasteiger partial charge in [-0.25, -0.2) is 13.1 Å². The maximum Gasteiger partial charge on any atom is 0.246 e. The molecular weight excluding hydrogens is 230 g/mol. The summed E-state index contributed by atoms with van der Waals surface area (Å²) in [5.74, 6) is 1.08. The summed E-state index contributed by atoms with van der Waals surface area (Å²) in [5.41, 5.74) is 5.72. The minimum Gasteiger partial charge on any atom is -0.368 e. The molecule has 2 rings (SSSR count). The highest BCUT2D eigenvalue weighted by atomic mass is 32.2. The first kappa shape index (κ1) is 11.2. The summed E-state index contributed by atoms with van der Waals surface area (Å²) in [7, 11) is 0.691. The lowest BCUT2D eigenvalue weighted by Gasteiger charge is -2.09. The van der Waals surface area contributed by atoms with Crippen molar-refractivity contribution in [3.8, 4) is 0 Å². The number of rotatable bonds is 2. The van der Waals surface area contributed by atoms with Crippen molar-refractivity contribution in [3.05, 3.63) is 0 Å². The van der Waals surface area contributed by atoms with E-state index in [0.717, 1.165) is 0 Å². The van der Waals surface area contributed by atoms with E-state index in [1.54, 1.807) is 4.90 Å². The average molecular weight is 245 g/mol. The van der Waals surface area contributed by atoms with Gasteiger partial charge >= 0.3 is 0 Å². The van der Waals surface area contributed by atoms with Gasteiger partial charge in [-0.1, -0.05) is 0 Å². The molecule has 16 heavy (non-hydrogen) atoms. The number of nitrogens with zero attached hydrogens (tertiary/aromatic N) is 4. The van der Waals surface area contributed by atoms with E-state index >= 15 is 0 Å². The van der Waals surface area contributed by atoms with E-state index in [-0.39, 0.29) is 23.5 Å². The zero-order valence-electron chi connectivity index (χ0n) is 9.29. The predicted octanol–water partition coefficient (Wildman–Crippen LogP) is -0.714. The molecule has 2 heterocycles. The fraction of sp³-hybridized carbons (Fsp3) is 0.750. The first-order chi connectivity index (χ1) is 7.39. The molecule has 0 radical (unpaired) electrons. The third-order valence-corrected chi connectivity index (χ3v) is 4.35. The summed E-state index contributed by atoms with van der Waals surface area (Å²) in [6.45, 7) is 0.